The van der Waals surface area contributed by atoms with Crippen LogP contribution in [0, 0.1) is 17.0 Å². The maximum absolute atomic E-state index is 17.1. The molecular formula is C38H50F2N4O5Si. The molecule has 2 aromatic carbocycles. The molecule has 1 atom stereocenters. The second-order valence-corrected chi connectivity index (χ2v) is 20.7. The molecule has 270 valence electrons. The highest BCUT2D eigenvalue weighted by molar-refractivity contribution is 6.74. The molecule has 2 aliphatic rings. The van der Waals surface area contributed by atoms with Gasteiger partial charge in [0.15, 0.2) is 20.9 Å². The predicted octanol–water partition coefficient (Wildman–Crippen LogP) is 8.20. The molecule has 1 saturated heterocycles. The quantitative estimate of drug-likeness (QED) is 0.115. The Morgan fingerprint density at radius 1 is 1.04 bits per heavy atom. The van der Waals surface area contributed by atoms with Gasteiger partial charge in [0.2, 0.25) is 0 Å². The van der Waals surface area contributed by atoms with Crippen LogP contribution in [0.15, 0.2) is 30.5 Å². The van der Waals surface area contributed by atoms with E-state index in [0.29, 0.717) is 78.0 Å². The first kappa shape index (κ1) is 36.3. The van der Waals surface area contributed by atoms with Gasteiger partial charge in [-0.1, -0.05) is 33.8 Å². The Labute approximate surface area is 294 Å². The molecule has 1 aliphatic heterocycles. The third-order valence-electron chi connectivity index (χ3n) is 10.7. The largest absolute Gasteiger partial charge is 0.468 e. The fourth-order valence-electron chi connectivity index (χ4n) is 6.42. The summed E-state index contributed by atoms with van der Waals surface area (Å²) in [6.07, 6.45) is 5.26. The van der Waals surface area contributed by atoms with Gasteiger partial charge in [0.05, 0.1) is 17.6 Å². The van der Waals surface area contributed by atoms with Gasteiger partial charge in [-0.3, -0.25) is 4.98 Å². The second kappa shape index (κ2) is 13.6. The van der Waals surface area contributed by atoms with Gasteiger partial charge in [0, 0.05) is 44.0 Å². The van der Waals surface area contributed by atoms with Crippen molar-refractivity contribution in [2.75, 3.05) is 45.1 Å². The summed E-state index contributed by atoms with van der Waals surface area (Å²) in [7, 11) is -0.449. The number of aryl methyl sites for hydroxylation is 1. The van der Waals surface area contributed by atoms with Crippen LogP contribution in [0.2, 0.25) is 18.1 Å². The monoisotopic (exact) mass is 708 g/mol. The average Bonchev–Trinajstić information content (AvgIpc) is 3.84. The van der Waals surface area contributed by atoms with Crippen molar-refractivity contribution in [3.05, 3.63) is 47.7 Å². The van der Waals surface area contributed by atoms with Gasteiger partial charge in [0.1, 0.15) is 28.6 Å². The van der Waals surface area contributed by atoms with E-state index in [4.69, 9.17) is 23.6 Å². The number of benzene rings is 2. The highest BCUT2D eigenvalue weighted by Crippen LogP contribution is 2.48. The molecule has 1 N–H and O–H groups in total. The normalized spacial score (nSPS) is 19.3. The van der Waals surface area contributed by atoms with Crippen LogP contribution >= 0.6 is 0 Å². The fourth-order valence-corrected chi connectivity index (χ4v) is 7.52. The molecule has 0 amide bonds. The molecule has 0 spiro atoms. The first-order valence-corrected chi connectivity index (χ1v) is 20.5. The number of aromatic nitrogens is 3. The SMILES string of the molecule is CCc1c(F)ccc2cc(OCOC)cc(-c3ncc4c(N5CCC[C@@](C)(O)C5)nc(OCC5(CO[Si](C)(C)C(C)(C)C)CC5)nc4c3F)c12. The molecule has 50 heavy (non-hydrogen) atoms. The number of ether oxygens (including phenoxy) is 3. The van der Waals surface area contributed by atoms with Crippen LogP contribution < -0.4 is 14.4 Å². The van der Waals surface area contributed by atoms with Crippen LogP contribution in [0.4, 0.5) is 14.6 Å². The van der Waals surface area contributed by atoms with E-state index >= 15 is 8.78 Å². The number of fused-ring (bicyclic) bond motifs is 2. The van der Waals surface area contributed by atoms with E-state index in [0.717, 1.165) is 19.3 Å². The third kappa shape index (κ3) is 7.30. The highest BCUT2D eigenvalue weighted by atomic mass is 28.4. The number of rotatable bonds is 12. The topological polar surface area (TPSA) is 99.1 Å². The molecule has 4 aromatic rings. The van der Waals surface area contributed by atoms with Gasteiger partial charge in [-0.25, -0.2) is 8.78 Å². The van der Waals surface area contributed by atoms with Crippen LogP contribution in [0.3, 0.4) is 0 Å². The van der Waals surface area contributed by atoms with Crippen molar-refractivity contribution in [1.29, 1.82) is 0 Å². The molecule has 2 aromatic heterocycles. The lowest BCUT2D eigenvalue weighted by Crippen LogP contribution is -2.46. The molecule has 0 radical (unpaired) electrons. The molecule has 1 saturated carbocycles. The molecule has 1 aliphatic carbocycles. The predicted molar refractivity (Wildman–Crippen MR) is 194 cm³/mol. The zero-order valence-electron chi connectivity index (χ0n) is 30.6. The standard InChI is InChI=1S/C38H50F2N4O5Si/c1-9-26-29(39)12-11-24-17-25(48-23-46-6)18-27(30(24)26)32-31(40)33-28(19-41-32)34(44-16-10-13-37(5,45)20-44)43-35(42-33)47-21-38(14-15-38)22-49-50(7,8)36(2,3)4/h11-12,17-19,45H,9-10,13-16,20-23H2,1-8H3/t37-/m1/s1. The lowest BCUT2D eigenvalue weighted by atomic mass is 9.94. The molecule has 3 heterocycles. The molecular weight excluding hydrogens is 659 g/mol. The third-order valence-corrected chi connectivity index (χ3v) is 15.2. The lowest BCUT2D eigenvalue weighted by molar-refractivity contribution is 0.0447. The Hall–Kier alpha value is -3.45. The number of β-amino-alcohol motifs (C(OH)–C–C–N with tert-alkyl or cyclic N) is 1. The zero-order valence-corrected chi connectivity index (χ0v) is 31.6. The number of halogens is 2. The first-order chi connectivity index (χ1) is 23.6. The Bertz CT molecular complexity index is 1890. The lowest BCUT2D eigenvalue weighted by Gasteiger charge is -2.38. The fraction of sp³-hybridized carbons (Fsp3) is 0.553. The van der Waals surface area contributed by atoms with Crippen molar-refractivity contribution < 1.29 is 32.5 Å². The van der Waals surface area contributed by atoms with Gasteiger partial charge in [0.25, 0.3) is 0 Å². The maximum Gasteiger partial charge on any atom is 0.319 e. The number of piperidine rings is 1. The van der Waals surface area contributed by atoms with Crippen molar-refractivity contribution in [2.45, 2.75) is 90.5 Å². The number of anilines is 1. The zero-order chi connectivity index (χ0) is 36.1. The number of hydrogen-bond donors (Lipinski definition) is 1. The van der Waals surface area contributed by atoms with Crippen LogP contribution in [-0.4, -0.2) is 74.2 Å². The molecule has 6 rings (SSSR count). The van der Waals surface area contributed by atoms with E-state index in [2.05, 4.69) is 43.8 Å². The van der Waals surface area contributed by atoms with E-state index < -0.39 is 19.7 Å². The van der Waals surface area contributed by atoms with Crippen molar-refractivity contribution in [3.63, 3.8) is 0 Å². The number of hydrogen-bond acceptors (Lipinski definition) is 9. The summed E-state index contributed by atoms with van der Waals surface area (Å²) in [5, 5.41) is 12.7. The van der Waals surface area contributed by atoms with E-state index in [1.165, 1.54) is 13.2 Å². The molecule has 12 heteroatoms. The summed E-state index contributed by atoms with van der Waals surface area (Å²) < 4.78 is 56.0. The Balaban J connectivity index is 1.45. The minimum atomic E-state index is -1.97. The van der Waals surface area contributed by atoms with Crippen molar-refractivity contribution in [2.24, 2.45) is 5.41 Å². The van der Waals surface area contributed by atoms with Crippen LogP contribution in [0.25, 0.3) is 32.9 Å². The summed E-state index contributed by atoms with van der Waals surface area (Å²) in [5.74, 6) is -0.176. The number of methoxy groups -OCH3 is 1. The van der Waals surface area contributed by atoms with Crippen molar-refractivity contribution >= 4 is 35.8 Å². The van der Waals surface area contributed by atoms with Crippen LogP contribution in [0.5, 0.6) is 11.8 Å². The minimum absolute atomic E-state index is 0.00772. The van der Waals surface area contributed by atoms with E-state index in [1.54, 1.807) is 31.3 Å². The van der Waals surface area contributed by atoms with Crippen LogP contribution in [-0.2, 0) is 15.6 Å². The summed E-state index contributed by atoms with van der Waals surface area (Å²) in [5.41, 5.74) is -0.208. The van der Waals surface area contributed by atoms with Gasteiger partial charge in [-0.05, 0) is 91.7 Å². The summed E-state index contributed by atoms with van der Waals surface area (Å²) in [6.45, 7) is 16.7. The second-order valence-electron chi connectivity index (χ2n) is 15.9. The molecule has 0 unspecified atom stereocenters. The van der Waals surface area contributed by atoms with Gasteiger partial charge >= 0.3 is 6.01 Å². The minimum Gasteiger partial charge on any atom is -0.468 e. The summed E-state index contributed by atoms with van der Waals surface area (Å²) in [4.78, 5) is 16.0. The van der Waals surface area contributed by atoms with Gasteiger partial charge in [-0.2, -0.15) is 9.97 Å². The molecule has 2 fully saturated rings. The van der Waals surface area contributed by atoms with Crippen molar-refractivity contribution in [1.82, 2.24) is 15.0 Å². The van der Waals surface area contributed by atoms with Crippen molar-refractivity contribution in [3.8, 4) is 23.0 Å². The molecule has 0 bridgehead atoms. The smallest absolute Gasteiger partial charge is 0.319 e. The van der Waals surface area contributed by atoms with Gasteiger partial charge in [-0.15, -0.1) is 0 Å². The Kier molecular flexibility index (Phi) is 9.88. The average molecular weight is 709 g/mol. The summed E-state index contributed by atoms with van der Waals surface area (Å²) >= 11 is 0. The van der Waals surface area contributed by atoms with Crippen LogP contribution in [0.1, 0.15) is 65.9 Å². The molecule has 9 nitrogen and oxygen atoms in total. The Morgan fingerprint density at radius 2 is 1.80 bits per heavy atom. The summed E-state index contributed by atoms with van der Waals surface area (Å²) in [6, 6.07) is 6.57. The van der Waals surface area contributed by atoms with E-state index in [9.17, 15) is 5.11 Å². The number of pyridine rings is 1. The Morgan fingerprint density at radius 3 is 2.46 bits per heavy atom. The maximum atomic E-state index is 17.1. The first-order valence-electron chi connectivity index (χ1n) is 17.5. The van der Waals surface area contributed by atoms with E-state index in [1.807, 2.05) is 11.8 Å². The van der Waals surface area contributed by atoms with E-state index in [-0.39, 0.29) is 40.3 Å². The highest BCUT2D eigenvalue weighted by Gasteiger charge is 2.47. The number of nitrogens with zero attached hydrogens (tertiary/aromatic N) is 4. The number of aliphatic hydroxyl groups is 1. The van der Waals surface area contributed by atoms with Gasteiger partial charge < -0.3 is 28.6 Å².